The van der Waals surface area contributed by atoms with Crippen LogP contribution in [-0.2, 0) is 6.42 Å². The maximum atomic E-state index is 4.61. The van der Waals surface area contributed by atoms with E-state index in [1.54, 1.807) is 0 Å². The van der Waals surface area contributed by atoms with Gasteiger partial charge in [-0.3, -0.25) is 4.98 Å². The number of H-pyrrole nitrogens is 1. The lowest BCUT2D eigenvalue weighted by Gasteiger charge is -2.32. The van der Waals surface area contributed by atoms with E-state index in [9.17, 15) is 0 Å². The highest BCUT2D eigenvalue weighted by molar-refractivity contribution is 5.86. The molecule has 3 heterocycles. The van der Waals surface area contributed by atoms with E-state index in [4.69, 9.17) is 0 Å². The number of aromatic amines is 1. The molecule has 1 aromatic carbocycles. The Labute approximate surface area is 142 Å². The zero-order chi connectivity index (χ0) is 16.5. The van der Waals surface area contributed by atoms with Gasteiger partial charge < -0.3 is 9.88 Å². The third-order valence-corrected chi connectivity index (χ3v) is 5.22. The summed E-state index contributed by atoms with van der Waals surface area (Å²) in [6, 6.07) is 6.68. The Morgan fingerprint density at radius 3 is 2.79 bits per heavy atom. The molecule has 1 N–H and O–H groups in total. The Bertz CT molecular complexity index is 844. The van der Waals surface area contributed by atoms with Crippen molar-refractivity contribution in [2.75, 3.05) is 18.0 Å². The van der Waals surface area contributed by atoms with Gasteiger partial charge in [-0.2, -0.15) is 0 Å². The molecule has 0 aliphatic carbocycles. The van der Waals surface area contributed by atoms with Gasteiger partial charge in [0.1, 0.15) is 5.82 Å². The quantitative estimate of drug-likeness (QED) is 0.786. The standard InChI is InChI=1S/C20H24N4/c1-3-15-5-4-6-17-18(12-22-20(15)17)16-7-9-24(10-8-16)19-13-21-11-14(2)23-19/h4-6,11-13,16,22H,3,7-10H2,1-2H3. The van der Waals surface area contributed by atoms with Crippen LogP contribution in [0, 0.1) is 6.92 Å². The number of benzene rings is 1. The number of aromatic nitrogens is 3. The summed E-state index contributed by atoms with van der Waals surface area (Å²) in [5.74, 6) is 1.64. The van der Waals surface area contributed by atoms with Crippen molar-refractivity contribution in [3.05, 3.63) is 53.6 Å². The van der Waals surface area contributed by atoms with E-state index in [0.29, 0.717) is 5.92 Å². The van der Waals surface area contributed by atoms with Crippen LogP contribution in [0.3, 0.4) is 0 Å². The van der Waals surface area contributed by atoms with Crippen molar-refractivity contribution < 1.29 is 0 Å². The summed E-state index contributed by atoms with van der Waals surface area (Å²) in [5.41, 5.74) is 5.20. The minimum Gasteiger partial charge on any atom is -0.361 e. The Morgan fingerprint density at radius 2 is 2.04 bits per heavy atom. The number of rotatable bonds is 3. The van der Waals surface area contributed by atoms with Gasteiger partial charge in [-0.1, -0.05) is 25.1 Å². The molecule has 4 heteroatoms. The van der Waals surface area contributed by atoms with Gasteiger partial charge in [0.2, 0.25) is 0 Å². The molecule has 1 fully saturated rings. The first-order chi connectivity index (χ1) is 11.8. The van der Waals surface area contributed by atoms with Crippen molar-refractivity contribution in [1.29, 1.82) is 0 Å². The van der Waals surface area contributed by atoms with Crippen molar-refractivity contribution in [3.63, 3.8) is 0 Å². The number of fused-ring (bicyclic) bond motifs is 1. The molecule has 0 radical (unpaired) electrons. The molecule has 0 unspecified atom stereocenters. The van der Waals surface area contributed by atoms with Gasteiger partial charge in [-0.15, -0.1) is 0 Å². The fraction of sp³-hybridized carbons (Fsp3) is 0.400. The number of nitrogens with zero attached hydrogens (tertiary/aromatic N) is 3. The number of hydrogen-bond donors (Lipinski definition) is 1. The topological polar surface area (TPSA) is 44.8 Å². The molecule has 0 spiro atoms. The molecular weight excluding hydrogens is 296 g/mol. The summed E-state index contributed by atoms with van der Waals surface area (Å²) in [6.07, 6.45) is 9.33. The highest BCUT2D eigenvalue weighted by atomic mass is 15.2. The van der Waals surface area contributed by atoms with Crippen LogP contribution in [0.25, 0.3) is 10.9 Å². The maximum Gasteiger partial charge on any atom is 0.147 e. The number of hydrogen-bond acceptors (Lipinski definition) is 3. The molecule has 0 atom stereocenters. The van der Waals surface area contributed by atoms with Crippen molar-refractivity contribution in [2.45, 2.75) is 39.0 Å². The Kier molecular flexibility index (Phi) is 3.97. The van der Waals surface area contributed by atoms with Crippen LogP contribution in [0.4, 0.5) is 5.82 Å². The lowest BCUT2D eigenvalue weighted by atomic mass is 9.89. The van der Waals surface area contributed by atoms with Crippen molar-refractivity contribution in [1.82, 2.24) is 15.0 Å². The maximum absolute atomic E-state index is 4.61. The molecule has 4 nitrogen and oxygen atoms in total. The molecule has 1 aliphatic rings. The van der Waals surface area contributed by atoms with E-state index in [2.05, 4.69) is 51.2 Å². The summed E-state index contributed by atoms with van der Waals surface area (Å²) >= 11 is 0. The molecule has 4 rings (SSSR count). The van der Waals surface area contributed by atoms with Crippen LogP contribution < -0.4 is 4.90 Å². The summed E-state index contributed by atoms with van der Waals surface area (Å²) in [4.78, 5) is 14.8. The van der Waals surface area contributed by atoms with Gasteiger partial charge in [0, 0.05) is 36.4 Å². The van der Waals surface area contributed by atoms with Crippen molar-refractivity contribution in [2.24, 2.45) is 0 Å². The lowest BCUT2D eigenvalue weighted by Crippen LogP contribution is -2.33. The fourth-order valence-corrected chi connectivity index (χ4v) is 3.89. The molecule has 3 aromatic rings. The number of anilines is 1. The second kappa shape index (κ2) is 6.27. The predicted molar refractivity (Wildman–Crippen MR) is 98.6 cm³/mol. The van der Waals surface area contributed by atoms with E-state index in [1.165, 1.54) is 34.9 Å². The van der Waals surface area contributed by atoms with Crippen LogP contribution >= 0.6 is 0 Å². The number of piperidine rings is 1. The SMILES string of the molecule is CCc1cccc2c(C3CCN(c4cncc(C)n4)CC3)c[nH]c12. The average Bonchev–Trinajstić information content (AvgIpc) is 3.06. The largest absolute Gasteiger partial charge is 0.361 e. The first kappa shape index (κ1) is 15.2. The fourth-order valence-electron chi connectivity index (χ4n) is 3.89. The van der Waals surface area contributed by atoms with E-state index >= 15 is 0 Å². The molecule has 1 aliphatic heterocycles. The van der Waals surface area contributed by atoms with E-state index < -0.39 is 0 Å². The number of para-hydroxylation sites is 1. The molecule has 24 heavy (non-hydrogen) atoms. The Morgan fingerprint density at radius 1 is 1.21 bits per heavy atom. The van der Waals surface area contributed by atoms with E-state index in [0.717, 1.165) is 31.0 Å². The summed E-state index contributed by atoms with van der Waals surface area (Å²) in [7, 11) is 0. The van der Waals surface area contributed by atoms with Gasteiger partial charge in [0.05, 0.1) is 11.9 Å². The molecule has 0 amide bonds. The van der Waals surface area contributed by atoms with Crippen molar-refractivity contribution >= 4 is 16.7 Å². The van der Waals surface area contributed by atoms with Crippen LogP contribution in [-0.4, -0.2) is 28.0 Å². The second-order valence-corrected chi connectivity index (χ2v) is 6.72. The van der Waals surface area contributed by atoms with Gasteiger partial charge in [-0.25, -0.2) is 4.98 Å². The lowest BCUT2D eigenvalue weighted by molar-refractivity contribution is 0.504. The third-order valence-electron chi connectivity index (χ3n) is 5.22. The molecular formula is C20H24N4. The summed E-state index contributed by atoms with van der Waals surface area (Å²) < 4.78 is 0. The molecule has 124 valence electrons. The summed E-state index contributed by atoms with van der Waals surface area (Å²) in [6.45, 7) is 6.31. The third kappa shape index (κ3) is 2.66. The van der Waals surface area contributed by atoms with Crippen LogP contribution in [0.2, 0.25) is 0 Å². The molecule has 2 aromatic heterocycles. The minimum atomic E-state index is 0.625. The zero-order valence-electron chi connectivity index (χ0n) is 14.4. The normalized spacial score (nSPS) is 16.0. The molecule has 0 saturated carbocycles. The summed E-state index contributed by atoms with van der Waals surface area (Å²) in [5, 5.41) is 1.41. The molecule has 0 bridgehead atoms. The monoisotopic (exact) mass is 320 g/mol. The van der Waals surface area contributed by atoms with Crippen LogP contribution in [0.1, 0.15) is 42.5 Å². The van der Waals surface area contributed by atoms with E-state index in [1.807, 2.05) is 19.3 Å². The highest BCUT2D eigenvalue weighted by Crippen LogP contribution is 2.35. The zero-order valence-corrected chi connectivity index (χ0v) is 14.4. The average molecular weight is 320 g/mol. The minimum absolute atomic E-state index is 0.625. The smallest absolute Gasteiger partial charge is 0.147 e. The van der Waals surface area contributed by atoms with Gasteiger partial charge in [-0.05, 0) is 43.2 Å². The van der Waals surface area contributed by atoms with Crippen LogP contribution in [0.15, 0.2) is 36.8 Å². The van der Waals surface area contributed by atoms with E-state index in [-0.39, 0.29) is 0 Å². The first-order valence-corrected chi connectivity index (χ1v) is 8.88. The van der Waals surface area contributed by atoms with Gasteiger partial charge >= 0.3 is 0 Å². The molecule has 1 saturated heterocycles. The van der Waals surface area contributed by atoms with Gasteiger partial charge in [0.25, 0.3) is 0 Å². The number of nitrogens with one attached hydrogen (secondary N) is 1. The van der Waals surface area contributed by atoms with Gasteiger partial charge in [0.15, 0.2) is 0 Å². The number of aryl methyl sites for hydroxylation is 2. The Balaban J connectivity index is 1.54. The van der Waals surface area contributed by atoms with Crippen molar-refractivity contribution in [3.8, 4) is 0 Å². The predicted octanol–water partition coefficient (Wildman–Crippen LogP) is 4.21. The first-order valence-electron chi connectivity index (χ1n) is 8.88. The highest BCUT2D eigenvalue weighted by Gasteiger charge is 2.24. The van der Waals surface area contributed by atoms with Crippen LogP contribution in [0.5, 0.6) is 0 Å². The Hall–Kier alpha value is -2.36. The second-order valence-electron chi connectivity index (χ2n) is 6.72.